The second kappa shape index (κ2) is 9.35. The van der Waals surface area contributed by atoms with Gasteiger partial charge in [-0.25, -0.2) is 0 Å². The largest absolute Gasteiger partial charge is 0.368 e. The predicted octanol–water partition coefficient (Wildman–Crippen LogP) is 3.91. The summed E-state index contributed by atoms with van der Waals surface area (Å²) >= 11 is 0. The summed E-state index contributed by atoms with van der Waals surface area (Å²) in [6.07, 6.45) is 4.68. The van der Waals surface area contributed by atoms with Crippen molar-refractivity contribution in [3.05, 3.63) is 66.2 Å². The maximum absolute atomic E-state index is 13.2. The summed E-state index contributed by atoms with van der Waals surface area (Å²) in [7, 11) is 0. The summed E-state index contributed by atoms with van der Waals surface area (Å²) in [4.78, 5) is 17.8. The molecule has 0 saturated carbocycles. The smallest absolute Gasteiger partial charge is 0.256 e. The van der Waals surface area contributed by atoms with Crippen LogP contribution in [0, 0.1) is 0 Å². The van der Waals surface area contributed by atoms with E-state index in [2.05, 4.69) is 47.4 Å². The summed E-state index contributed by atoms with van der Waals surface area (Å²) < 4.78 is 5.72. The molecular weight excluding hydrogens is 348 g/mol. The average molecular weight is 379 g/mol. The minimum absolute atomic E-state index is 0.145. The van der Waals surface area contributed by atoms with Gasteiger partial charge in [0.2, 0.25) is 0 Å². The van der Waals surface area contributed by atoms with Crippen LogP contribution in [0.1, 0.15) is 31.2 Å². The molecule has 1 amide bonds. The first-order valence-electron chi connectivity index (χ1n) is 10.6. The third-order valence-corrected chi connectivity index (χ3v) is 5.96. The first kappa shape index (κ1) is 19.2. The Hall–Kier alpha value is -2.17. The highest BCUT2D eigenvalue weighted by atomic mass is 16.5. The molecule has 0 aliphatic carbocycles. The van der Waals surface area contributed by atoms with Crippen molar-refractivity contribution in [3.63, 3.8) is 0 Å². The van der Waals surface area contributed by atoms with E-state index in [9.17, 15) is 4.79 Å². The number of rotatable bonds is 6. The van der Waals surface area contributed by atoms with E-state index < -0.39 is 0 Å². The lowest BCUT2D eigenvalue weighted by Gasteiger charge is -2.39. The van der Waals surface area contributed by atoms with Gasteiger partial charge in [-0.05, 0) is 49.8 Å². The maximum Gasteiger partial charge on any atom is 0.256 e. The quantitative estimate of drug-likeness (QED) is 0.764. The van der Waals surface area contributed by atoms with E-state index in [0.29, 0.717) is 6.61 Å². The molecule has 0 bridgehead atoms. The Kier molecular flexibility index (Phi) is 6.40. The van der Waals surface area contributed by atoms with Crippen molar-refractivity contribution in [1.82, 2.24) is 4.90 Å². The Bertz CT molecular complexity index is 736. The number of benzene rings is 2. The van der Waals surface area contributed by atoms with Crippen LogP contribution in [0.5, 0.6) is 0 Å². The zero-order valence-electron chi connectivity index (χ0n) is 16.5. The van der Waals surface area contributed by atoms with Crippen LogP contribution in [0.25, 0.3) is 0 Å². The molecule has 0 spiro atoms. The van der Waals surface area contributed by atoms with Gasteiger partial charge in [-0.3, -0.25) is 4.79 Å². The maximum atomic E-state index is 13.2. The third kappa shape index (κ3) is 4.62. The fraction of sp³-hybridized carbons (Fsp3) is 0.458. The second-order valence-corrected chi connectivity index (χ2v) is 7.85. The summed E-state index contributed by atoms with van der Waals surface area (Å²) in [6.45, 7) is 3.87. The van der Waals surface area contributed by atoms with Gasteiger partial charge in [-0.2, -0.15) is 0 Å². The van der Waals surface area contributed by atoms with Crippen molar-refractivity contribution in [2.45, 2.75) is 44.2 Å². The minimum atomic E-state index is -0.267. The Labute approximate surface area is 168 Å². The van der Waals surface area contributed by atoms with Crippen LogP contribution in [0.3, 0.4) is 0 Å². The van der Waals surface area contributed by atoms with Crippen LogP contribution in [-0.2, 0) is 16.0 Å². The number of para-hydroxylation sites is 1. The van der Waals surface area contributed by atoms with Gasteiger partial charge in [0.05, 0.1) is 0 Å². The summed E-state index contributed by atoms with van der Waals surface area (Å²) in [5.74, 6) is 0.145. The van der Waals surface area contributed by atoms with Gasteiger partial charge in [0.15, 0.2) is 0 Å². The molecule has 0 N–H and O–H groups in total. The molecule has 4 rings (SSSR count). The molecule has 28 heavy (non-hydrogen) atoms. The van der Waals surface area contributed by atoms with Crippen molar-refractivity contribution in [2.75, 3.05) is 31.1 Å². The number of likely N-dealkylation sites (tertiary alicyclic amines) is 1. The molecule has 1 atom stereocenters. The molecule has 2 fully saturated rings. The van der Waals surface area contributed by atoms with Crippen LogP contribution in [0.2, 0.25) is 0 Å². The second-order valence-electron chi connectivity index (χ2n) is 7.85. The van der Waals surface area contributed by atoms with Gasteiger partial charge in [0.1, 0.15) is 6.10 Å². The SMILES string of the molecule is O=C([C@@H]1CCCO1)N(c1ccccc1)C1CCN(CCc2ccccc2)CC1. The van der Waals surface area contributed by atoms with E-state index >= 15 is 0 Å². The van der Waals surface area contributed by atoms with Crippen molar-refractivity contribution in [1.29, 1.82) is 0 Å². The first-order valence-corrected chi connectivity index (χ1v) is 10.6. The van der Waals surface area contributed by atoms with Crippen molar-refractivity contribution >= 4 is 11.6 Å². The lowest BCUT2D eigenvalue weighted by atomic mass is 10.00. The van der Waals surface area contributed by atoms with Crippen molar-refractivity contribution in [3.8, 4) is 0 Å². The van der Waals surface area contributed by atoms with Crippen LogP contribution >= 0.6 is 0 Å². The summed E-state index contributed by atoms with van der Waals surface area (Å²) in [5, 5.41) is 0. The number of anilines is 1. The van der Waals surface area contributed by atoms with E-state index in [1.165, 1.54) is 5.56 Å². The van der Waals surface area contributed by atoms with Crippen molar-refractivity contribution in [2.24, 2.45) is 0 Å². The number of nitrogens with zero attached hydrogens (tertiary/aromatic N) is 2. The topological polar surface area (TPSA) is 32.8 Å². The Balaban J connectivity index is 1.38. The predicted molar refractivity (Wildman–Crippen MR) is 113 cm³/mol. The molecule has 4 nitrogen and oxygen atoms in total. The van der Waals surface area contributed by atoms with Crippen LogP contribution < -0.4 is 4.90 Å². The average Bonchev–Trinajstić information content (AvgIpc) is 3.30. The van der Waals surface area contributed by atoms with Gasteiger partial charge >= 0.3 is 0 Å². The third-order valence-electron chi connectivity index (χ3n) is 5.96. The van der Waals surface area contributed by atoms with E-state index in [1.54, 1.807) is 0 Å². The lowest BCUT2D eigenvalue weighted by Crippen LogP contribution is -2.50. The Morgan fingerprint density at radius 3 is 2.29 bits per heavy atom. The molecule has 0 radical (unpaired) electrons. The van der Waals surface area contributed by atoms with E-state index in [-0.39, 0.29) is 18.1 Å². The van der Waals surface area contributed by atoms with Crippen LogP contribution in [0.4, 0.5) is 5.69 Å². The Morgan fingerprint density at radius 1 is 0.964 bits per heavy atom. The molecule has 2 heterocycles. The van der Waals surface area contributed by atoms with E-state index in [0.717, 1.165) is 57.4 Å². The number of piperidine rings is 1. The number of hydrogen-bond donors (Lipinski definition) is 0. The number of ether oxygens (including phenoxy) is 1. The highest BCUT2D eigenvalue weighted by molar-refractivity contribution is 5.97. The molecule has 2 aromatic carbocycles. The zero-order chi connectivity index (χ0) is 19.2. The van der Waals surface area contributed by atoms with Crippen LogP contribution in [0.15, 0.2) is 60.7 Å². The molecule has 2 aliphatic rings. The number of carbonyl (C=O) groups excluding carboxylic acids is 1. The molecule has 0 unspecified atom stereocenters. The summed E-state index contributed by atoms with van der Waals surface area (Å²) in [5.41, 5.74) is 2.40. The van der Waals surface area contributed by atoms with E-state index in [4.69, 9.17) is 4.74 Å². The standard InChI is InChI=1S/C24H30N2O2/c27-24(23-12-7-19-28-23)26(21-10-5-2-6-11-21)22-14-17-25(18-15-22)16-13-20-8-3-1-4-9-20/h1-6,8-11,22-23H,7,12-19H2/t23-/m0/s1. The van der Waals surface area contributed by atoms with Crippen molar-refractivity contribution < 1.29 is 9.53 Å². The molecular formula is C24H30N2O2. The molecule has 148 valence electrons. The molecule has 0 aromatic heterocycles. The lowest BCUT2D eigenvalue weighted by molar-refractivity contribution is -0.128. The number of hydrogen-bond acceptors (Lipinski definition) is 3. The molecule has 2 aliphatic heterocycles. The minimum Gasteiger partial charge on any atom is -0.368 e. The highest BCUT2D eigenvalue weighted by Gasteiger charge is 2.34. The van der Waals surface area contributed by atoms with Gasteiger partial charge in [-0.1, -0.05) is 48.5 Å². The normalized spacial score (nSPS) is 20.9. The molecule has 2 saturated heterocycles. The number of carbonyl (C=O) groups is 1. The van der Waals surface area contributed by atoms with Gasteiger partial charge in [0, 0.05) is 38.0 Å². The zero-order valence-corrected chi connectivity index (χ0v) is 16.5. The summed E-state index contributed by atoms with van der Waals surface area (Å²) in [6, 6.07) is 21.1. The van der Waals surface area contributed by atoms with E-state index in [1.807, 2.05) is 23.1 Å². The van der Waals surface area contributed by atoms with Gasteiger partial charge < -0.3 is 14.5 Å². The fourth-order valence-corrected chi connectivity index (χ4v) is 4.37. The van der Waals surface area contributed by atoms with Gasteiger partial charge in [-0.15, -0.1) is 0 Å². The highest BCUT2D eigenvalue weighted by Crippen LogP contribution is 2.27. The van der Waals surface area contributed by atoms with Crippen LogP contribution in [-0.4, -0.2) is 49.2 Å². The number of amides is 1. The van der Waals surface area contributed by atoms with Gasteiger partial charge in [0.25, 0.3) is 5.91 Å². The first-order chi connectivity index (χ1) is 13.8. The monoisotopic (exact) mass is 378 g/mol. The molecule has 2 aromatic rings. The Morgan fingerprint density at radius 2 is 1.64 bits per heavy atom. The fourth-order valence-electron chi connectivity index (χ4n) is 4.37. The molecule has 4 heteroatoms.